The normalized spacial score (nSPS) is 6.17. The molecule has 0 saturated heterocycles. The molecule has 0 aromatic heterocycles. The summed E-state index contributed by atoms with van der Waals surface area (Å²) in [4.78, 5) is 9.40. The first-order valence-corrected chi connectivity index (χ1v) is 1.85. The molecule has 0 unspecified atom stereocenters. The second-order valence-corrected chi connectivity index (χ2v) is 0.955. The zero-order valence-electron chi connectivity index (χ0n) is 3.40. The van der Waals surface area contributed by atoms with Crippen LogP contribution in [0.1, 0.15) is 19.8 Å². The molecule has 0 fully saturated rings. The molecule has 0 aliphatic carbocycles. The summed E-state index contributed by atoms with van der Waals surface area (Å²) < 4.78 is 0. The molecule has 1 nitrogen and oxygen atoms in total. The first-order chi connectivity index (χ1) is 2.41. The molecule has 0 atom stereocenters. The van der Waals surface area contributed by atoms with Gasteiger partial charge in [-0.2, -0.15) is 0 Å². The van der Waals surface area contributed by atoms with Crippen molar-refractivity contribution < 1.29 is 4.79 Å². The van der Waals surface area contributed by atoms with Crippen molar-refractivity contribution in [2.45, 2.75) is 19.8 Å². The molecule has 0 bridgehead atoms. The number of carbonyl (C=O) groups is 1. The van der Waals surface area contributed by atoms with Crippen LogP contribution in [-0.4, -0.2) is 51.8 Å². The van der Waals surface area contributed by atoms with E-state index in [0.29, 0.717) is 6.42 Å². The number of carbonyl (C=O) groups excluding carboxylic acids is 1. The van der Waals surface area contributed by atoms with Crippen LogP contribution < -0.4 is 0 Å². The zero-order valence-corrected chi connectivity index (χ0v) is 3.40. The van der Waals surface area contributed by atoms with E-state index in [0.717, 1.165) is 12.7 Å². The molecule has 0 rings (SSSR count). The van der Waals surface area contributed by atoms with E-state index in [1.54, 1.807) is 0 Å². The predicted molar refractivity (Wildman–Crippen MR) is 29.5 cm³/mol. The molecule has 0 spiro atoms. The van der Waals surface area contributed by atoms with E-state index in [2.05, 4.69) is 0 Å². The number of rotatable bonds is 2. The fourth-order valence-electron chi connectivity index (χ4n) is 0.118. The predicted octanol–water partition coefficient (Wildman–Crippen LogP) is 0.0692. The third-order valence-corrected chi connectivity index (χ3v) is 0.407. The van der Waals surface area contributed by atoms with Crippen molar-refractivity contribution in [2.75, 3.05) is 0 Å². The van der Waals surface area contributed by atoms with Gasteiger partial charge in [0.15, 0.2) is 0 Å². The van der Waals surface area contributed by atoms with Gasteiger partial charge in [0.2, 0.25) is 0 Å². The van der Waals surface area contributed by atoms with Gasteiger partial charge in [0, 0.05) is 6.42 Å². The Kier molecular flexibility index (Phi) is 16.1. The van der Waals surface area contributed by atoms with Crippen LogP contribution in [-0.2, 0) is 4.79 Å². The Bertz CT molecular complexity index is 28.7. The molecule has 0 N–H and O–H groups in total. The Labute approximate surface area is 75.4 Å². The van der Waals surface area contributed by atoms with Crippen molar-refractivity contribution in [1.82, 2.24) is 0 Å². The molecule has 0 saturated carbocycles. The second kappa shape index (κ2) is 9.47. The van der Waals surface area contributed by atoms with Crippen LogP contribution in [0, 0.1) is 0 Å². The fourth-order valence-corrected chi connectivity index (χ4v) is 0.118. The Morgan fingerprint density at radius 3 is 2.17 bits per heavy atom. The summed E-state index contributed by atoms with van der Waals surface area (Å²) in [7, 11) is 0. The topological polar surface area (TPSA) is 17.1 Å². The SMILES string of the molecule is CCCC=O.[SrH2]. The van der Waals surface area contributed by atoms with Gasteiger partial charge in [-0.3, -0.25) is 0 Å². The number of aldehydes is 1. The van der Waals surface area contributed by atoms with E-state index in [4.69, 9.17) is 0 Å². The molecule has 0 aliphatic heterocycles. The Hall–Kier alpha value is 1.15. The summed E-state index contributed by atoms with van der Waals surface area (Å²) in [5.41, 5.74) is 0. The molecule has 0 heterocycles. The van der Waals surface area contributed by atoms with Crippen LogP contribution in [0.4, 0.5) is 0 Å². The molecule has 0 aromatic rings. The van der Waals surface area contributed by atoms with Gasteiger partial charge in [-0.05, 0) is 6.42 Å². The summed E-state index contributed by atoms with van der Waals surface area (Å²) in [6.07, 6.45) is 2.61. The van der Waals surface area contributed by atoms with E-state index in [1.165, 1.54) is 0 Å². The number of hydrogen-bond donors (Lipinski definition) is 0. The van der Waals surface area contributed by atoms with Gasteiger partial charge in [0.05, 0.1) is 0 Å². The van der Waals surface area contributed by atoms with Crippen molar-refractivity contribution >= 4 is 51.8 Å². The van der Waals surface area contributed by atoms with Crippen LogP contribution in [0.2, 0.25) is 0 Å². The fraction of sp³-hybridized carbons (Fsp3) is 0.750. The Balaban J connectivity index is 0. The van der Waals surface area contributed by atoms with Crippen molar-refractivity contribution in [2.24, 2.45) is 0 Å². The average Bonchev–Trinajstić information content (AvgIpc) is 1.41. The summed E-state index contributed by atoms with van der Waals surface area (Å²) in [5.74, 6) is 0. The van der Waals surface area contributed by atoms with E-state index < -0.39 is 0 Å². The van der Waals surface area contributed by atoms with E-state index in [9.17, 15) is 4.79 Å². The molecule has 2 heteroatoms. The molecular formula is C4H10OSr. The molecular weight excluding hydrogens is 152 g/mol. The van der Waals surface area contributed by atoms with E-state index in [-0.39, 0.29) is 45.5 Å². The van der Waals surface area contributed by atoms with E-state index in [1.807, 2.05) is 6.92 Å². The first kappa shape index (κ1) is 10.2. The maximum atomic E-state index is 9.40. The Morgan fingerprint density at radius 1 is 1.67 bits per heavy atom. The minimum atomic E-state index is 0. The molecule has 0 aliphatic rings. The van der Waals surface area contributed by atoms with Crippen LogP contribution >= 0.6 is 0 Å². The quantitative estimate of drug-likeness (QED) is 0.414. The van der Waals surface area contributed by atoms with Gasteiger partial charge in [-0.1, -0.05) is 6.92 Å². The maximum absolute atomic E-state index is 9.40. The summed E-state index contributed by atoms with van der Waals surface area (Å²) in [6, 6.07) is 0. The van der Waals surface area contributed by atoms with Gasteiger partial charge in [0.25, 0.3) is 0 Å². The standard InChI is InChI=1S/C4H8O.Sr.2H/c1-2-3-4-5;;;/h4H,2-3H2,1H3;;;. The van der Waals surface area contributed by atoms with Crippen molar-refractivity contribution in [3.8, 4) is 0 Å². The summed E-state index contributed by atoms with van der Waals surface area (Å²) >= 11 is 0. The minimum absolute atomic E-state index is 0. The molecule has 0 radical (unpaired) electrons. The second-order valence-electron chi connectivity index (χ2n) is 0.955. The van der Waals surface area contributed by atoms with Crippen LogP contribution in [0.25, 0.3) is 0 Å². The molecule has 34 valence electrons. The summed E-state index contributed by atoms with van der Waals surface area (Å²) in [6.45, 7) is 1.98. The first-order valence-electron chi connectivity index (χ1n) is 1.85. The van der Waals surface area contributed by atoms with Crippen molar-refractivity contribution in [1.29, 1.82) is 0 Å². The summed E-state index contributed by atoms with van der Waals surface area (Å²) in [5, 5.41) is 0. The van der Waals surface area contributed by atoms with Gasteiger partial charge >= 0.3 is 45.5 Å². The number of unbranched alkanes of at least 4 members (excludes halogenated alkanes) is 1. The molecule has 0 aromatic carbocycles. The third-order valence-electron chi connectivity index (χ3n) is 0.407. The zero-order chi connectivity index (χ0) is 4.12. The molecule has 0 amide bonds. The average molecular weight is 162 g/mol. The van der Waals surface area contributed by atoms with Crippen LogP contribution in [0.15, 0.2) is 0 Å². The van der Waals surface area contributed by atoms with E-state index >= 15 is 0 Å². The third kappa shape index (κ3) is 8.94. The van der Waals surface area contributed by atoms with Crippen molar-refractivity contribution in [3.05, 3.63) is 0 Å². The molecule has 6 heavy (non-hydrogen) atoms. The van der Waals surface area contributed by atoms with Gasteiger partial charge < -0.3 is 4.79 Å². The Morgan fingerprint density at radius 2 is 2.17 bits per heavy atom. The number of hydrogen-bond acceptors (Lipinski definition) is 1. The van der Waals surface area contributed by atoms with Gasteiger partial charge in [-0.25, -0.2) is 0 Å². The van der Waals surface area contributed by atoms with Gasteiger partial charge in [-0.15, -0.1) is 0 Å². The monoisotopic (exact) mass is 162 g/mol. The van der Waals surface area contributed by atoms with Crippen LogP contribution in [0.5, 0.6) is 0 Å². The van der Waals surface area contributed by atoms with Crippen LogP contribution in [0.3, 0.4) is 0 Å². The van der Waals surface area contributed by atoms with Crippen molar-refractivity contribution in [3.63, 3.8) is 0 Å². The van der Waals surface area contributed by atoms with Gasteiger partial charge in [0.1, 0.15) is 6.29 Å².